The highest BCUT2D eigenvalue weighted by Gasteiger charge is 2.14. The Hall–Kier alpha value is -1.30. The van der Waals surface area contributed by atoms with Crippen molar-refractivity contribution >= 4 is 11.9 Å². The minimum absolute atomic E-state index is 0.282. The molecule has 0 aliphatic rings. The van der Waals surface area contributed by atoms with E-state index in [0.29, 0.717) is 12.8 Å². The summed E-state index contributed by atoms with van der Waals surface area (Å²) in [7, 11) is 0. The van der Waals surface area contributed by atoms with Gasteiger partial charge in [0.1, 0.15) is 0 Å². The summed E-state index contributed by atoms with van der Waals surface area (Å²) < 4.78 is 0. The van der Waals surface area contributed by atoms with Crippen LogP contribution in [0.15, 0.2) is 4.99 Å². The number of carboxylic acid groups (broad SMARTS) is 1. The number of aliphatic imine (C=N–C) groups is 1. The van der Waals surface area contributed by atoms with E-state index in [1.54, 1.807) is 5.48 Å². The van der Waals surface area contributed by atoms with Gasteiger partial charge in [-0.3, -0.25) is 5.21 Å². The van der Waals surface area contributed by atoms with Crippen LogP contribution < -0.4 is 11.2 Å². The average molecular weight is 175 g/mol. The summed E-state index contributed by atoms with van der Waals surface area (Å²) >= 11 is 0. The second-order valence-corrected chi connectivity index (χ2v) is 2.27. The van der Waals surface area contributed by atoms with Crippen LogP contribution in [-0.4, -0.2) is 28.3 Å². The van der Waals surface area contributed by atoms with Crippen molar-refractivity contribution in [1.82, 2.24) is 5.48 Å². The maximum absolute atomic E-state index is 10.5. The molecule has 0 aliphatic heterocycles. The third kappa shape index (κ3) is 3.77. The Bertz CT molecular complexity index is 181. The van der Waals surface area contributed by atoms with Gasteiger partial charge in [0, 0.05) is 0 Å². The Balaban J connectivity index is 4.21. The number of hydrogen-bond donors (Lipinski definition) is 4. The number of rotatable bonds is 4. The second kappa shape index (κ2) is 5.36. The standard InChI is InChI=1S/C6H13N3O3/c1-2-3-4(5(10)11)8-6(7)9-12/h4,12H,2-3H2,1H3,(H,10,11)(H3,7,8,9). The molecule has 0 bridgehead atoms. The van der Waals surface area contributed by atoms with Crippen LogP contribution in [0.5, 0.6) is 0 Å². The Morgan fingerprint density at radius 2 is 2.33 bits per heavy atom. The van der Waals surface area contributed by atoms with Gasteiger partial charge in [0.05, 0.1) is 0 Å². The lowest BCUT2D eigenvalue weighted by atomic mass is 10.2. The molecule has 5 N–H and O–H groups in total. The van der Waals surface area contributed by atoms with E-state index < -0.39 is 12.0 Å². The fourth-order valence-electron chi connectivity index (χ4n) is 0.713. The predicted octanol–water partition coefficient (Wildman–Crippen LogP) is -0.467. The van der Waals surface area contributed by atoms with Crippen LogP contribution in [0.25, 0.3) is 0 Å². The summed E-state index contributed by atoms with van der Waals surface area (Å²) in [5.74, 6) is -1.33. The number of carbonyl (C=O) groups is 1. The monoisotopic (exact) mass is 175 g/mol. The van der Waals surface area contributed by atoms with Crippen molar-refractivity contribution in [2.75, 3.05) is 0 Å². The smallest absolute Gasteiger partial charge is 0.328 e. The van der Waals surface area contributed by atoms with Gasteiger partial charge in [-0.1, -0.05) is 13.3 Å². The van der Waals surface area contributed by atoms with Crippen molar-refractivity contribution in [3.8, 4) is 0 Å². The Morgan fingerprint density at radius 3 is 2.67 bits per heavy atom. The van der Waals surface area contributed by atoms with Crippen LogP contribution in [0.3, 0.4) is 0 Å². The van der Waals surface area contributed by atoms with E-state index in [4.69, 9.17) is 16.0 Å². The number of guanidine groups is 1. The van der Waals surface area contributed by atoms with Crippen molar-refractivity contribution in [2.45, 2.75) is 25.8 Å². The van der Waals surface area contributed by atoms with Crippen LogP contribution in [0.2, 0.25) is 0 Å². The molecule has 0 radical (unpaired) electrons. The van der Waals surface area contributed by atoms with Crippen LogP contribution in [0.1, 0.15) is 19.8 Å². The van der Waals surface area contributed by atoms with Gasteiger partial charge in [0.25, 0.3) is 0 Å². The van der Waals surface area contributed by atoms with Gasteiger partial charge in [0.15, 0.2) is 6.04 Å². The zero-order valence-electron chi connectivity index (χ0n) is 6.82. The van der Waals surface area contributed by atoms with Gasteiger partial charge in [-0.05, 0) is 6.42 Å². The molecule has 0 heterocycles. The first-order valence-electron chi connectivity index (χ1n) is 3.58. The molecule has 70 valence electrons. The number of carboxylic acids is 1. The zero-order valence-corrected chi connectivity index (χ0v) is 6.82. The van der Waals surface area contributed by atoms with Crippen molar-refractivity contribution in [3.63, 3.8) is 0 Å². The fraction of sp³-hybridized carbons (Fsp3) is 0.667. The SMILES string of the molecule is CCCC(N=C(N)NO)C(=O)O. The van der Waals surface area contributed by atoms with E-state index in [0.717, 1.165) is 0 Å². The third-order valence-electron chi connectivity index (χ3n) is 1.26. The predicted molar refractivity (Wildman–Crippen MR) is 42.9 cm³/mol. The molecule has 0 amide bonds. The summed E-state index contributed by atoms with van der Waals surface area (Å²) in [5, 5.41) is 16.8. The largest absolute Gasteiger partial charge is 0.480 e. The normalized spacial score (nSPS) is 14.0. The molecule has 0 saturated carbocycles. The summed E-state index contributed by atoms with van der Waals surface area (Å²) in [5.41, 5.74) is 6.64. The van der Waals surface area contributed by atoms with Gasteiger partial charge in [-0.15, -0.1) is 0 Å². The van der Waals surface area contributed by atoms with Crippen LogP contribution in [-0.2, 0) is 4.79 Å². The number of hydrogen-bond acceptors (Lipinski definition) is 3. The molecule has 0 aromatic rings. The van der Waals surface area contributed by atoms with Crippen molar-refractivity contribution < 1.29 is 15.1 Å². The highest BCUT2D eigenvalue weighted by atomic mass is 16.5. The highest BCUT2D eigenvalue weighted by Crippen LogP contribution is 2.01. The van der Waals surface area contributed by atoms with Crippen LogP contribution >= 0.6 is 0 Å². The fourth-order valence-corrected chi connectivity index (χ4v) is 0.713. The van der Waals surface area contributed by atoms with E-state index in [9.17, 15) is 4.79 Å². The summed E-state index contributed by atoms with van der Waals surface area (Å²) in [4.78, 5) is 14.0. The number of hydroxylamine groups is 1. The highest BCUT2D eigenvalue weighted by molar-refractivity contribution is 5.82. The molecule has 0 aromatic carbocycles. The lowest BCUT2D eigenvalue weighted by molar-refractivity contribution is -0.138. The minimum Gasteiger partial charge on any atom is -0.480 e. The molecule has 0 fully saturated rings. The van der Waals surface area contributed by atoms with E-state index in [1.807, 2.05) is 6.92 Å². The number of nitrogens with zero attached hydrogens (tertiary/aromatic N) is 1. The third-order valence-corrected chi connectivity index (χ3v) is 1.26. The molecule has 0 rings (SSSR count). The quantitative estimate of drug-likeness (QED) is 0.262. The van der Waals surface area contributed by atoms with Crippen LogP contribution in [0, 0.1) is 0 Å². The maximum Gasteiger partial charge on any atom is 0.328 e. The summed E-state index contributed by atoms with van der Waals surface area (Å²) in [6, 6.07) is -0.880. The molecule has 0 aromatic heterocycles. The molecule has 0 aliphatic carbocycles. The van der Waals surface area contributed by atoms with Crippen molar-refractivity contribution in [2.24, 2.45) is 10.7 Å². The molecule has 6 nitrogen and oxygen atoms in total. The molecule has 0 saturated heterocycles. The van der Waals surface area contributed by atoms with Gasteiger partial charge in [0.2, 0.25) is 5.96 Å². The van der Waals surface area contributed by atoms with E-state index >= 15 is 0 Å². The minimum atomic E-state index is -1.05. The van der Waals surface area contributed by atoms with Crippen LogP contribution in [0.4, 0.5) is 0 Å². The Morgan fingerprint density at radius 1 is 1.75 bits per heavy atom. The van der Waals surface area contributed by atoms with Crippen molar-refractivity contribution in [1.29, 1.82) is 0 Å². The Labute approximate surface area is 70.1 Å². The maximum atomic E-state index is 10.5. The van der Waals surface area contributed by atoms with E-state index in [-0.39, 0.29) is 5.96 Å². The van der Waals surface area contributed by atoms with E-state index in [2.05, 4.69) is 4.99 Å². The molecule has 6 heteroatoms. The second-order valence-electron chi connectivity index (χ2n) is 2.27. The Kier molecular flexibility index (Phi) is 4.78. The summed E-state index contributed by atoms with van der Waals surface area (Å²) in [6.45, 7) is 1.84. The lowest BCUT2D eigenvalue weighted by Gasteiger charge is -2.06. The molecular weight excluding hydrogens is 162 g/mol. The molecule has 12 heavy (non-hydrogen) atoms. The molecule has 1 unspecified atom stereocenters. The first kappa shape index (κ1) is 10.7. The lowest BCUT2D eigenvalue weighted by Crippen LogP contribution is -2.32. The molecule has 0 spiro atoms. The summed E-state index contributed by atoms with van der Waals surface area (Å²) in [6.07, 6.45) is 1.09. The van der Waals surface area contributed by atoms with E-state index in [1.165, 1.54) is 0 Å². The number of nitrogens with one attached hydrogen (secondary N) is 1. The molecule has 1 atom stereocenters. The van der Waals surface area contributed by atoms with Gasteiger partial charge in [-0.2, -0.15) is 0 Å². The number of nitrogens with two attached hydrogens (primary N) is 1. The van der Waals surface area contributed by atoms with Crippen molar-refractivity contribution in [3.05, 3.63) is 0 Å². The van der Waals surface area contributed by atoms with Gasteiger partial charge < -0.3 is 10.8 Å². The van der Waals surface area contributed by atoms with Gasteiger partial charge in [-0.25, -0.2) is 15.3 Å². The average Bonchev–Trinajstić information content (AvgIpc) is 2.03. The first-order chi connectivity index (χ1) is 5.61. The topological polar surface area (TPSA) is 108 Å². The zero-order chi connectivity index (χ0) is 9.56. The number of aliphatic carboxylic acids is 1. The van der Waals surface area contributed by atoms with Gasteiger partial charge >= 0.3 is 5.97 Å². The molecular formula is C6H13N3O3. The first-order valence-corrected chi connectivity index (χ1v) is 3.58.